The second-order valence-corrected chi connectivity index (χ2v) is 3.20. The summed E-state index contributed by atoms with van der Waals surface area (Å²) in [4.78, 5) is 0. The maximum Gasteiger partial charge on any atom is 0.0566 e. The van der Waals surface area contributed by atoms with Crippen molar-refractivity contribution in [1.82, 2.24) is 0 Å². The molecule has 0 spiro atoms. The van der Waals surface area contributed by atoms with E-state index in [1.165, 1.54) is 0 Å². The Morgan fingerprint density at radius 1 is 1.27 bits per heavy atom. The van der Waals surface area contributed by atoms with Gasteiger partial charge in [0.05, 0.1) is 6.10 Å². The highest BCUT2D eigenvalue weighted by Crippen LogP contribution is 2.13. The van der Waals surface area contributed by atoms with Gasteiger partial charge in [-0.05, 0) is 18.8 Å². The van der Waals surface area contributed by atoms with Crippen LogP contribution in [0.5, 0.6) is 0 Å². The first-order chi connectivity index (χ1) is 5.22. The van der Waals surface area contributed by atoms with E-state index in [1.54, 1.807) is 0 Å². The third-order valence-corrected chi connectivity index (χ3v) is 2.09. The van der Waals surface area contributed by atoms with Gasteiger partial charge in [-0.3, -0.25) is 0 Å². The van der Waals surface area contributed by atoms with Crippen LogP contribution in [0.25, 0.3) is 0 Å². The van der Waals surface area contributed by atoms with Gasteiger partial charge in [-0.15, -0.1) is 0 Å². The molecule has 0 aliphatic carbocycles. The summed E-state index contributed by atoms with van der Waals surface area (Å²) in [5.41, 5.74) is 0. The Morgan fingerprint density at radius 2 is 1.91 bits per heavy atom. The summed E-state index contributed by atoms with van der Waals surface area (Å²) in [5.74, 6) is 0.242. The van der Waals surface area contributed by atoms with Gasteiger partial charge in [0.2, 0.25) is 0 Å². The zero-order valence-corrected chi connectivity index (χ0v) is 7.58. The number of unbranched alkanes of at least 4 members (excludes halogenated alkanes) is 1. The summed E-state index contributed by atoms with van der Waals surface area (Å²) in [6.45, 7) is 4.28. The summed E-state index contributed by atoms with van der Waals surface area (Å²) >= 11 is 0. The number of aliphatic hydroxyl groups excluding tert-OH is 2. The van der Waals surface area contributed by atoms with Crippen LogP contribution in [0.1, 0.15) is 39.5 Å². The summed E-state index contributed by atoms with van der Waals surface area (Å²) in [7, 11) is 0. The normalized spacial score (nSPS) is 16.4. The van der Waals surface area contributed by atoms with Gasteiger partial charge in [-0.1, -0.05) is 26.7 Å². The predicted molar refractivity (Wildman–Crippen MR) is 46.4 cm³/mol. The van der Waals surface area contributed by atoms with E-state index in [-0.39, 0.29) is 18.6 Å². The lowest BCUT2D eigenvalue weighted by atomic mass is 9.97. The number of hydrogen-bond acceptors (Lipinski definition) is 2. The van der Waals surface area contributed by atoms with Crippen LogP contribution >= 0.6 is 0 Å². The maximum atomic E-state index is 9.47. The fraction of sp³-hybridized carbons (Fsp3) is 1.00. The first-order valence-corrected chi connectivity index (χ1v) is 4.51. The number of rotatable bonds is 6. The first-order valence-electron chi connectivity index (χ1n) is 4.51. The molecule has 0 aliphatic rings. The largest absolute Gasteiger partial charge is 0.396 e. The van der Waals surface area contributed by atoms with E-state index in [4.69, 9.17) is 5.11 Å². The van der Waals surface area contributed by atoms with Crippen LogP contribution in [0.4, 0.5) is 0 Å². The lowest BCUT2D eigenvalue weighted by molar-refractivity contribution is 0.0889. The van der Waals surface area contributed by atoms with Gasteiger partial charge in [0, 0.05) is 6.61 Å². The minimum absolute atomic E-state index is 0.185. The molecule has 0 saturated heterocycles. The Bertz CT molecular complexity index is 83.6. The van der Waals surface area contributed by atoms with Crippen LogP contribution < -0.4 is 0 Å². The lowest BCUT2D eigenvalue weighted by Crippen LogP contribution is -2.18. The first kappa shape index (κ1) is 10.9. The van der Waals surface area contributed by atoms with Crippen molar-refractivity contribution in [3.8, 4) is 0 Å². The van der Waals surface area contributed by atoms with E-state index in [0.717, 1.165) is 19.3 Å². The average molecular weight is 160 g/mol. The third-order valence-electron chi connectivity index (χ3n) is 2.09. The molecule has 0 aromatic rings. The standard InChI is InChI=1S/C9H20O2/c1-3-4-5-9(11)8(2)6-7-10/h8-11H,3-7H2,1-2H3. The second-order valence-electron chi connectivity index (χ2n) is 3.20. The van der Waals surface area contributed by atoms with Gasteiger partial charge < -0.3 is 10.2 Å². The van der Waals surface area contributed by atoms with Gasteiger partial charge >= 0.3 is 0 Å². The minimum Gasteiger partial charge on any atom is -0.396 e. The van der Waals surface area contributed by atoms with Crippen molar-refractivity contribution in [2.45, 2.75) is 45.6 Å². The molecule has 0 amide bonds. The zero-order valence-electron chi connectivity index (χ0n) is 7.58. The van der Waals surface area contributed by atoms with Gasteiger partial charge in [-0.2, -0.15) is 0 Å². The Hall–Kier alpha value is -0.0800. The van der Waals surface area contributed by atoms with E-state index in [9.17, 15) is 5.11 Å². The van der Waals surface area contributed by atoms with Gasteiger partial charge in [0.1, 0.15) is 0 Å². The minimum atomic E-state index is -0.220. The van der Waals surface area contributed by atoms with Gasteiger partial charge in [-0.25, -0.2) is 0 Å². The maximum absolute atomic E-state index is 9.47. The van der Waals surface area contributed by atoms with Crippen molar-refractivity contribution in [2.24, 2.45) is 5.92 Å². The molecule has 11 heavy (non-hydrogen) atoms. The van der Waals surface area contributed by atoms with E-state index in [2.05, 4.69) is 6.92 Å². The molecular formula is C9H20O2. The van der Waals surface area contributed by atoms with Crippen LogP contribution in [0, 0.1) is 5.92 Å². The zero-order chi connectivity index (χ0) is 8.69. The fourth-order valence-electron chi connectivity index (χ4n) is 1.09. The smallest absolute Gasteiger partial charge is 0.0566 e. The summed E-state index contributed by atoms with van der Waals surface area (Å²) in [6, 6.07) is 0. The molecule has 0 radical (unpaired) electrons. The quantitative estimate of drug-likeness (QED) is 0.619. The van der Waals surface area contributed by atoms with E-state index in [0.29, 0.717) is 6.42 Å². The van der Waals surface area contributed by atoms with Crippen LogP contribution in [0.3, 0.4) is 0 Å². The van der Waals surface area contributed by atoms with Gasteiger partial charge in [0.15, 0.2) is 0 Å². The van der Waals surface area contributed by atoms with Crippen molar-refractivity contribution in [1.29, 1.82) is 0 Å². The number of hydrogen-bond donors (Lipinski definition) is 2. The molecule has 0 rings (SSSR count). The van der Waals surface area contributed by atoms with Crippen LogP contribution in [-0.4, -0.2) is 22.9 Å². The Balaban J connectivity index is 3.38. The van der Waals surface area contributed by atoms with E-state index < -0.39 is 0 Å². The molecule has 0 fully saturated rings. The van der Waals surface area contributed by atoms with Crippen molar-refractivity contribution in [3.63, 3.8) is 0 Å². The second kappa shape index (κ2) is 6.62. The predicted octanol–water partition coefficient (Wildman–Crippen LogP) is 1.56. The molecule has 0 aromatic heterocycles. The highest BCUT2D eigenvalue weighted by Gasteiger charge is 2.11. The molecule has 0 bridgehead atoms. The fourth-order valence-corrected chi connectivity index (χ4v) is 1.09. The Morgan fingerprint density at radius 3 is 2.36 bits per heavy atom. The van der Waals surface area contributed by atoms with Crippen molar-refractivity contribution in [3.05, 3.63) is 0 Å². The molecule has 68 valence electrons. The topological polar surface area (TPSA) is 40.5 Å². The highest BCUT2D eigenvalue weighted by atomic mass is 16.3. The van der Waals surface area contributed by atoms with E-state index >= 15 is 0 Å². The Labute approximate surface area is 69.2 Å². The van der Waals surface area contributed by atoms with Crippen LogP contribution in [0.15, 0.2) is 0 Å². The molecule has 2 nitrogen and oxygen atoms in total. The highest BCUT2D eigenvalue weighted by molar-refractivity contribution is 4.63. The SMILES string of the molecule is CCCCC(O)C(C)CCO. The molecule has 0 heterocycles. The Kier molecular flexibility index (Phi) is 6.57. The van der Waals surface area contributed by atoms with Crippen molar-refractivity contribution in [2.75, 3.05) is 6.61 Å². The lowest BCUT2D eigenvalue weighted by Gasteiger charge is -2.16. The third kappa shape index (κ3) is 5.22. The molecule has 2 atom stereocenters. The van der Waals surface area contributed by atoms with Gasteiger partial charge in [0.25, 0.3) is 0 Å². The summed E-state index contributed by atoms with van der Waals surface area (Å²) in [5, 5.41) is 18.1. The van der Waals surface area contributed by atoms with Crippen molar-refractivity contribution >= 4 is 0 Å². The molecule has 0 saturated carbocycles. The summed E-state index contributed by atoms with van der Waals surface area (Å²) in [6.07, 6.45) is 3.57. The van der Waals surface area contributed by atoms with Crippen LogP contribution in [0.2, 0.25) is 0 Å². The monoisotopic (exact) mass is 160 g/mol. The van der Waals surface area contributed by atoms with Crippen LogP contribution in [-0.2, 0) is 0 Å². The molecular weight excluding hydrogens is 140 g/mol. The molecule has 2 unspecified atom stereocenters. The summed E-state index contributed by atoms with van der Waals surface area (Å²) < 4.78 is 0. The molecule has 0 aromatic carbocycles. The molecule has 2 heteroatoms. The number of aliphatic hydroxyl groups is 2. The molecule has 0 aliphatic heterocycles. The van der Waals surface area contributed by atoms with E-state index in [1.807, 2.05) is 6.92 Å². The average Bonchev–Trinajstić information content (AvgIpc) is 2.00. The molecule has 2 N–H and O–H groups in total. The van der Waals surface area contributed by atoms with Crippen molar-refractivity contribution < 1.29 is 10.2 Å².